The number of rotatable bonds is 4. The van der Waals surface area contributed by atoms with Crippen LogP contribution in [-0.4, -0.2) is 24.4 Å². The van der Waals surface area contributed by atoms with Gasteiger partial charge in [-0.3, -0.25) is 9.59 Å². The van der Waals surface area contributed by atoms with Crippen LogP contribution in [-0.2, 0) is 4.79 Å². The molecule has 1 fully saturated rings. The maximum absolute atomic E-state index is 13.2. The van der Waals surface area contributed by atoms with E-state index in [0.717, 1.165) is 25.0 Å². The van der Waals surface area contributed by atoms with Gasteiger partial charge in [0, 0.05) is 12.1 Å². The van der Waals surface area contributed by atoms with Crippen LogP contribution in [0.25, 0.3) is 0 Å². The smallest absolute Gasteiger partial charge is 0.254 e. The Balaban J connectivity index is 1.88. The maximum atomic E-state index is 13.2. The lowest BCUT2D eigenvalue weighted by Crippen LogP contribution is -2.38. The first-order valence-corrected chi connectivity index (χ1v) is 5.59. The van der Waals surface area contributed by atoms with Crippen LogP contribution in [0.2, 0.25) is 0 Å². The Morgan fingerprint density at radius 1 is 1.28 bits per heavy atom. The maximum Gasteiger partial charge on any atom is 0.254 e. The van der Waals surface area contributed by atoms with E-state index in [2.05, 4.69) is 10.6 Å². The molecule has 1 aliphatic rings. The third kappa shape index (κ3) is 3.26. The van der Waals surface area contributed by atoms with Crippen LogP contribution in [0.1, 0.15) is 23.2 Å². The van der Waals surface area contributed by atoms with Crippen molar-refractivity contribution in [1.29, 1.82) is 0 Å². The minimum atomic E-state index is -0.949. The molecular weight excluding hydrogens is 242 g/mol. The van der Waals surface area contributed by atoms with E-state index >= 15 is 0 Å². The van der Waals surface area contributed by atoms with E-state index in [1.54, 1.807) is 0 Å². The lowest BCUT2D eigenvalue weighted by Gasteiger charge is -2.06. The molecule has 18 heavy (non-hydrogen) atoms. The quantitative estimate of drug-likeness (QED) is 0.841. The molecule has 4 nitrogen and oxygen atoms in total. The largest absolute Gasteiger partial charge is 0.352 e. The highest BCUT2D eigenvalue weighted by atomic mass is 19.1. The second-order valence-electron chi connectivity index (χ2n) is 4.15. The number of hydrogen-bond acceptors (Lipinski definition) is 2. The highest BCUT2D eigenvalue weighted by molar-refractivity contribution is 5.96. The van der Waals surface area contributed by atoms with Crippen LogP contribution in [0.3, 0.4) is 0 Å². The fraction of sp³-hybridized carbons (Fsp3) is 0.333. The number of benzene rings is 1. The molecule has 1 aliphatic carbocycles. The van der Waals surface area contributed by atoms with E-state index in [4.69, 9.17) is 0 Å². The van der Waals surface area contributed by atoms with E-state index in [1.165, 1.54) is 0 Å². The molecule has 0 aliphatic heterocycles. The Bertz CT molecular complexity index is 487. The van der Waals surface area contributed by atoms with Gasteiger partial charge in [-0.2, -0.15) is 0 Å². The fourth-order valence-corrected chi connectivity index (χ4v) is 1.44. The number of halogens is 2. The predicted octanol–water partition coefficient (Wildman–Crippen LogP) is 0.973. The van der Waals surface area contributed by atoms with Gasteiger partial charge in [0.25, 0.3) is 5.91 Å². The van der Waals surface area contributed by atoms with Crippen LogP contribution in [0.4, 0.5) is 8.78 Å². The van der Waals surface area contributed by atoms with Gasteiger partial charge >= 0.3 is 0 Å². The second kappa shape index (κ2) is 5.12. The summed E-state index contributed by atoms with van der Waals surface area (Å²) in [6.45, 7) is -0.216. The Kier molecular flexibility index (Phi) is 3.55. The summed E-state index contributed by atoms with van der Waals surface area (Å²) < 4.78 is 25.9. The molecule has 96 valence electrons. The average Bonchev–Trinajstić information content (AvgIpc) is 3.10. The third-order valence-electron chi connectivity index (χ3n) is 2.53. The summed E-state index contributed by atoms with van der Waals surface area (Å²) in [6.07, 6.45) is 1.90. The van der Waals surface area contributed by atoms with Crippen molar-refractivity contribution in [2.75, 3.05) is 6.54 Å². The van der Waals surface area contributed by atoms with Crippen molar-refractivity contribution < 1.29 is 18.4 Å². The molecule has 2 N–H and O–H groups in total. The number of hydrogen-bond donors (Lipinski definition) is 2. The Hall–Kier alpha value is -1.98. The summed E-state index contributed by atoms with van der Waals surface area (Å²) in [5, 5.41) is 4.96. The summed E-state index contributed by atoms with van der Waals surface area (Å²) in [7, 11) is 0. The first-order valence-electron chi connectivity index (χ1n) is 5.59. The van der Waals surface area contributed by atoms with Crippen molar-refractivity contribution in [1.82, 2.24) is 10.6 Å². The van der Waals surface area contributed by atoms with Crippen LogP contribution in [0, 0.1) is 11.6 Å². The van der Waals surface area contributed by atoms with Gasteiger partial charge in [0.15, 0.2) is 0 Å². The van der Waals surface area contributed by atoms with E-state index in [9.17, 15) is 18.4 Å². The minimum absolute atomic E-state index is 0.206. The van der Waals surface area contributed by atoms with Crippen LogP contribution in [0.15, 0.2) is 18.2 Å². The van der Waals surface area contributed by atoms with Crippen molar-refractivity contribution in [3.05, 3.63) is 35.4 Å². The van der Waals surface area contributed by atoms with E-state index in [-0.39, 0.29) is 24.1 Å². The molecule has 6 heteroatoms. The highest BCUT2D eigenvalue weighted by Crippen LogP contribution is 2.18. The van der Waals surface area contributed by atoms with Gasteiger partial charge in [-0.25, -0.2) is 8.78 Å². The van der Waals surface area contributed by atoms with Gasteiger partial charge in [0.05, 0.1) is 12.1 Å². The summed E-state index contributed by atoms with van der Waals surface area (Å²) in [6, 6.07) is 2.86. The molecule has 0 heterocycles. The first kappa shape index (κ1) is 12.5. The standard InChI is InChI=1S/C12H12F2N2O2/c13-7-1-4-9(10(14)5-7)12(18)15-6-11(17)16-8-2-3-8/h1,4-5,8H,2-3,6H2,(H,15,18)(H,16,17). The first-order chi connectivity index (χ1) is 8.56. The number of amides is 2. The molecule has 0 bridgehead atoms. The average molecular weight is 254 g/mol. The molecule has 1 aromatic carbocycles. The number of nitrogens with one attached hydrogen (secondary N) is 2. The lowest BCUT2D eigenvalue weighted by molar-refractivity contribution is -0.120. The zero-order valence-electron chi connectivity index (χ0n) is 9.50. The van der Waals surface area contributed by atoms with E-state index < -0.39 is 17.5 Å². The summed E-state index contributed by atoms with van der Waals surface area (Å²) in [4.78, 5) is 22.8. The van der Waals surface area contributed by atoms with Crippen molar-refractivity contribution in [3.8, 4) is 0 Å². The Morgan fingerprint density at radius 3 is 2.61 bits per heavy atom. The van der Waals surface area contributed by atoms with Crippen LogP contribution in [0.5, 0.6) is 0 Å². The van der Waals surface area contributed by atoms with Gasteiger partial charge < -0.3 is 10.6 Å². The molecule has 0 aromatic heterocycles. The summed E-state index contributed by atoms with van der Waals surface area (Å²) in [5.41, 5.74) is -0.282. The lowest BCUT2D eigenvalue weighted by atomic mass is 10.2. The van der Waals surface area contributed by atoms with Crippen molar-refractivity contribution in [3.63, 3.8) is 0 Å². The SMILES string of the molecule is O=C(CNC(=O)c1ccc(F)cc1F)NC1CC1. The highest BCUT2D eigenvalue weighted by Gasteiger charge is 2.23. The second-order valence-corrected chi connectivity index (χ2v) is 4.15. The molecule has 0 unspecified atom stereocenters. The molecule has 1 saturated carbocycles. The molecule has 0 spiro atoms. The molecule has 2 amide bonds. The zero-order valence-corrected chi connectivity index (χ0v) is 9.50. The molecule has 2 rings (SSSR count). The van der Waals surface area contributed by atoms with Gasteiger partial charge in [-0.1, -0.05) is 0 Å². The van der Waals surface area contributed by atoms with E-state index in [0.29, 0.717) is 6.07 Å². The molecule has 1 aromatic rings. The summed E-state index contributed by atoms with van der Waals surface area (Å²) in [5.74, 6) is -2.75. The fourth-order valence-electron chi connectivity index (χ4n) is 1.44. The van der Waals surface area contributed by atoms with Crippen LogP contribution < -0.4 is 10.6 Å². The Labute approximate surface area is 102 Å². The molecule has 0 atom stereocenters. The van der Waals surface area contributed by atoms with Crippen LogP contribution >= 0.6 is 0 Å². The normalized spacial score (nSPS) is 14.1. The minimum Gasteiger partial charge on any atom is -0.352 e. The van der Waals surface area contributed by atoms with Crippen molar-refractivity contribution in [2.45, 2.75) is 18.9 Å². The Morgan fingerprint density at radius 2 is 2.00 bits per heavy atom. The van der Waals surface area contributed by atoms with Gasteiger partial charge in [-0.05, 0) is 25.0 Å². The van der Waals surface area contributed by atoms with Crippen molar-refractivity contribution >= 4 is 11.8 Å². The van der Waals surface area contributed by atoms with Gasteiger partial charge in [-0.15, -0.1) is 0 Å². The molecule has 0 saturated heterocycles. The van der Waals surface area contributed by atoms with E-state index in [1.807, 2.05) is 0 Å². The van der Waals surface area contributed by atoms with Gasteiger partial charge in [0.1, 0.15) is 11.6 Å². The molecular formula is C12H12F2N2O2. The zero-order chi connectivity index (χ0) is 13.1. The summed E-state index contributed by atoms with van der Waals surface area (Å²) >= 11 is 0. The topological polar surface area (TPSA) is 58.2 Å². The number of carbonyl (C=O) groups is 2. The van der Waals surface area contributed by atoms with Gasteiger partial charge in [0.2, 0.25) is 5.91 Å². The predicted molar refractivity (Wildman–Crippen MR) is 59.9 cm³/mol. The number of carbonyl (C=O) groups excluding carboxylic acids is 2. The molecule has 0 radical (unpaired) electrons. The van der Waals surface area contributed by atoms with Crippen molar-refractivity contribution in [2.24, 2.45) is 0 Å². The monoisotopic (exact) mass is 254 g/mol. The third-order valence-corrected chi connectivity index (χ3v) is 2.53.